The maximum atomic E-state index is 12.0. The van der Waals surface area contributed by atoms with Crippen molar-refractivity contribution in [3.05, 3.63) is 0 Å². The van der Waals surface area contributed by atoms with Crippen molar-refractivity contribution in [2.45, 2.75) is 25.4 Å². The zero-order valence-electron chi connectivity index (χ0n) is 11.7. The summed E-state index contributed by atoms with van der Waals surface area (Å²) in [6.07, 6.45) is 0.324. The lowest BCUT2D eigenvalue weighted by Crippen LogP contribution is -2.59. The van der Waals surface area contributed by atoms with Crippen molar-refractivity contribution in [2.24, 2.45) is 0 Å². The zero-order valence-corrected chi connectivity index (χ0v) is 11.7. The molecule has 18 heavy (non-hydrogen) atoms. The van der Waals surface area contributed by atoms with Crippen molar-refractivity contribution < 1.29 is 9.59 Å². The molecule has 1 rings (SSSR count). The fourth-order valence-corrected chi connectivity index (χ4v) is 2.10. The highest BCUT2D eigenvalue weighted by molar-refractivity contribution is 5.83. The monoisotopic (exact) mass is 263 g/mol. The minimum Gasteiger partial charge on any atom is -0.359 e. The van der Waals surface area contributed by atoms with Crippen molar-refractivity contribution in [1.29, 1.82) is 0 Å². The summed E-state index contributed by atoms with van der Waals surface area (Å²) in [7, 11) is 5.59. The molecule has 6 heteroatoms. The highest BCUT2D eigenvalue weighted by atomic mass is 16.2. The van der Waals surface area contributed by atoms with Crippen LogP contribution in [-0.4, -0.2) is 74.5 Å². The van der Waals surface area contributed by atoms with E-state index in [9.17, 15) is 9.59 Å². The normalized spacial score (nSPS) is 25.8. The Morgan fingerprint density at radius 2 is 1.89 bits per heavy atom. The van der Waals surface area contributed by atoms with E-state index in [0.717, 1.165) is 13.1 Å². The average Bonchev–Trinajstić information content (AvgIpc) is 2.33. The van der Waals surface area contributed by atoms with Gasteiger partial charge in [-0.2, -0.15) is 0 Å². The van der Waals surface area contributed by atoms with Gasteiger partial charge in [-0.1, -0.05) is 0 Å². The Labute approximate surface area is 109 Å². The first-order valence-electron chi connectivity index (χ1n) is 6.34. The standard InChI is InChI=1S/C12H24N4O2/c1-9-7-16(4)10(8-15(9)3)12(18)14-6-5-11(17)13-2/h9-10H,5-8H2,1-4H3,(H,13,17)(H,14,18)/i2+1,3+1,4+1,7+1,9+1,13+1,15+1. The third kappa shape index (κ3) is 3.96. The van der Waals surface area contributed by atoms with Crippen LogP contribution in [0.15, 0.2) is 0 Å². The third-order valence-electron chi connectivity index (χ3n) is 3.53. The maximum Gasteiger partial charge on any atom is 0.238 e. The molecule has 0 radical (unpaired) electrons. The second kappa shape index (κ2) is 6.70. The summed E-state index contributed by atoms with van der Waals surface area (Å²) in [6, 6.07) is 0.334. The molecule has 0 bridgehead atoms. The lowest BCUT2D eigenvalue weighted by atomic mass is 10.2. The number of hydrogen-bond acceptors (Lipinski definition) is 4. The van der Waals surface area contributed by atoms with E-state index in [1.807, 2.05) is 14.1 Å². The number of nitrogens with zero attached hydrogens (tertiary/aromatic N) is 2. The van der Waals surface area contributed by atoms with E-state index in [1.54, 1.807) is 7.05 Å². The van der Waals surface area contributed by atoms with Crippen molar-refractivity contribution in [1.82, 2.24) is 20.4 Å². The molecular formula is C12H24N4O2. The van der Waals surface area contributed by atoms with Crippen LogP contribution < -0.4 is 10.6 Å². The van der Waals surface area contributed by atoms with Gasteiger partial charge in [0.05, 0.1) is 0 Å². The largest absolute Gasteiger partial charge is 0.359 e. The van der Waals surface area contributed by atoms with Crippen molar-refractivity contribution in [2.75, 3.05) is 40.8 Å². The minimum absolute atomic E-state index is 0.000142. The van der Waals surface area contributed by atoms with Gasteiger partial charge in [0.25, 0.3) is 0 Å². The van der Waals surface area contributed by atoms with Gasteiger partial charge < -0.3 is 15.5 Å². The van der Waals surface area contributed by atoms with Crippen molar-refractivity contribution >= 4 is 11.8 Å². The summed E-state index contributed by atoms with van der Waals surface area (Å²) in [6.45, 7) is 4.14. The molecule has 2 N–H and O–H groups in total. The van der Waals surface area contributed by atoms with E-state index in [0.29, 0.717) is 19.0 Å². The number of carbonyl (C=O) groups excluding carboxylic acids is 2. The van der Waals surface area contributed by atoms with E-state index >= 15 is 0 Å². The predicted molar refractivity (Wildman–Crippen MR) is 70.2 cm³/mol. The van der Waals surface area contributed by atoms with E-state index in [-0.39, 0.29) is 17.9 Å². The van der Waals surface area contributed by atoms with Crippen LogP contribution in [0, 0.1) is 0 Å². The number of hydrogen-bond donors (Lipinski definition) is 2. The van der Waals surface area contributed by atoms with Gasteiger partial charge in [-0.25, -0.2) is 0 Å². The van der Waals surface area contributed by atoms with Gasteiger partial charge in [0.1, 0.15) is 6.04 Å². The van der Waals surface area contributed by atoms with Crippen LogP contribution in [0.3, 0.4) is 0 Å². The van der Waals surface area contributed by atoms with Crippen LogP contribution in [0.1, 0.15) is 13.3 Å². The number of amides is 2. The maximum absolute atomic E-state index is 12.0. The van der Waals surface area contributed by atoms with E-state index < -0.39 is 0 Å². The molecule has 1 heterocycles. The number of nitrogens with one attached hydrogen (secondary N) is 2. The highest BCUT2D eigenvalue weighted by Gasteiger charge is 2.31. The van der Waals surface area contributed by atoms with Gasteiger partial charge in [0.15, 0.2) is 0 Å². The van der Waals surface area contributed by atoms with Gasteiger partial charge in [0.2, 0.25) is 11.8 Å². The lowest BCUT2D eigenvalue weighted by Gasteiger charge is -2.41. The molecule has 104 valence electrons. The van der Waals surface area contributed by atoms with Gasteiger partial charge in [-0.3, -0.25) is 14.5 Å². The van der Waals surface area contributed by atoms with Crippen LogP contribution in [0.5, 0.6) is 0 Å². The summed E-state index contributed by atoms with van der Waals surface area (Å²) in [5, 5.41) is 5.35. The van der Waals surface area contributed by atoms with Crippen LogP contribution >= 0.6 is 0 Å². The summed E-state index contributed by atoms with van der Waals surface area (Å²) in [5.41, 5.74) is 0. The Bertz CT molecular complexity index is 308. The Balaban J connectivity index is 2.39. The first-order valence-corrected chi connectivity index (χ1v) is 6.34. The Hall–Kier alpha value is -1.14. The molecule has 2 atom stereocenters. The quantitative estimate of drug-likeness (QED) is 0.498. The summed E-state index contributed by atoms with van der Waals surface area (Å²) in [4.78, 5) is 27.3. The molecule has 1 saturated heterocycles. The van der Waals surface area contributed by atoms with Gasteiger partial charge in [-0.15, -0.1) is 0 Å². The van der Waals surface area contributed by atoms with Crippen LogP contribution in [-0.2, 0) is 9.59 Å². The molecule has 1 fully saturated rings. The number of rotatable bonds is 4. The fraction of sp³-hybridized carbons (Fsp3) is 0.833. The minimum atomic E-state index is -0.129. The topological polar surface area (TPSA) is 64.7 Å². The first kappa shape index (κ1) is 14.9. The number of piperazine rings is 1. The third-order valence-corrected chi connectivity index (χ3v) is 3.53. The molecule has 0 spiro atoms. The first-order chi connectivity index (χ1) is 8.45. The van der Waals surface area contributed by atoms with Gasteiger partial charge in [0, 0.05) is 39.1 Å². The van der Waals surface area contributed by atoms with E-state index in [4.69, 9.17) is 0 Å². The lowest BCUT2D eigenvalue weighted by molar-refractivity contribution is -0.128. The van der Waals surface area contributed by atoms with E-state index in [1.165, 1.54) is 0 Å². The summed E-state index contributed by atoms with van der Waals surface area (Å²) < 4.78 is 0. The van der Waals surface area contributed by atoms with Crippen LogP contribution in [0.25, 0.3) is 0 Å². The molecule has 2 unspecified atom stereocenters. The van der Waals surface area contributed by atoms with Crippen LogP contribution in [0.4, 0.5) is 0 Å². The zero-order chi connectivity index (χ0) is 13.7. The average molecular weight is 263 g/mol. The van der Waals surface area contributed by atoms with Crippen molar-refractivity contribution in [3.8, 4) is 0 Å². The predicted octanol–water partition coefficient (Wildman–Crippen LogP) is -1.13. The molecule has 0 aromatic carbocycles. The fourth-order valence-electron chi connectivity index (χ4n) is 2.10. The molecule has 6 nitrogen and oxygen atoms in total. The Morgan fingerprint density at radius 1 is 1.22 bits per heavy atom. The SMILES string of the molecule is C[13CH]1[13CH2]N([13CH3])C(C(=O)NCCC(=O)[15NH][13CH3])C[15N]1[13CH3]. The summed E-state index contributed by atoms with van der Waals surface area (Å²) in [5.74, 6) is -0.0572. The second-order valence-electron chi connectivity index (χ2n) is 4.96. The molecule has 0 aromatic rings. The molecular weight excluding hydrogens is 239 g/mol. The van der Waals surface area contributed by atoms with Gasteiger partial charge >= 0.3 is 0 Å². The molecule has 2 amide bonds. The summed E-state index contributed by atoms with van der Waals surface area (Å²) >= 11 is 0. The molecule has 1 aliphatic rings. The smallest absolute Gasteiger partial charge is 0.238 e. The van der Waals surface area contributed by atoms with Crippen LogP contribution in [0.2, 0.25) is 0 Å². The van der Waals surface area contributed by atoms with Crippen molar-refractivity contribution in [3.63, 3.8) is 0 Å². The molecule has 0 aliphatic carbocycles. The second-order valence-corrected chi connectivity index (χ2v) is 4.96. The Kier molecular flexibility index (Phi) is 5.55. The molecule has 1 aliphatic heterocycles. The van der Waals surface area contributed by atoms with Gasteiger partial charge in [-0.05, 0) is 21.0 Å². The number of likely N-dealkylation sites (N-methyl/N-ethyl adjacent to an activating group) is 2. The number of carbonyl (C=O) groups is 2. The molecule has 0 saturated carbocycles. The Morgan fingerprint density at radius 3 is 2.50 bits per heavy atom. The van der Waals surface area contributed by atoms with E-state index in [2.05, 4.69) is 27.4 Å². The highest BCUT2D eigenvalue weighted by Crippen LogP contribution is 2.11. The molecule has 0 aromatic heterocycles.